The number of aryl methyl sites for hydroxylation is 1. The van der Waals surface area contributed by atoms with Crippen LogP contribution in [-0.2, 0) is 11.3 Å². The molecule has 0 aliphatic carbocycles. The van der Waals surface area contributed by atoms with Crippen molar-refractivity contribution in [3.8, 4) is 17.6 Å². The van der Waals surface area contributed by atoms with E-state index in [1.54, 1.807) is 23.1 Å². The molecule has 0 aromatic heterocycles. The summed E-state index contributed by atoms with van der Waals surface area (Å²) in [5, 5.41) is 8.65. The molecule has 0 atom stereocenters. The Morgan fingerprint density at radius 1 is 1.21 bits per heavy atom. The minimum absolute atomic E-state index is 0.0621. The van der Waals surface area contributed by atoms with Crippen LogP contribution in [0.25, 0.3) is 6.08 Å². The van der Waals surface area contributed by atoms with Gasteiger partial charge in [-0.1, -0.05) is 59.9 Å². The normalized spacial score (nSPS) is 15.0. The Morgan fingerprint density at radius 2 is 1.96 bits per heavy atom. The topological polar surface area (TPSA) is 62.6 Å². The third-order valence-corrected chi connectivity index (χ3v) is 5.49. The van der Waals surface area contributed by atoms with Gasteiger partial charge in [-0.2, -0.15) is 5.26 Å². The van der Waals surface area contributed by atoms with Crippen molar-refractivity contribution >= 4 is 40.3 Å². The number of nitrogens with zero attached hydrogens (tertiary/aromatic N) is 2. The van der Waals surface area contributed by atoms with Gasteiger partial charge in [0.1, 0.15) is 10.4 Å². The Kier molecular flexibility index (Phi) is 6.34. The van der Waals surface area contributed by atoms with Gasteiger partial charge in [0.2, 0.25) is 0 Å². The molecular formula is C21H18N2O3S2. The fourth-order valence-corrected chi connectivity index (χ4v) is 3.92. The van der Waals surface area contributed by atoms with Crippen LogP contribution in [0.3, 0.4) is 0 Å². The monoisotopic (exact) mass is 410 g/mol. The summed E-state index contributed by atoms with van der Waals surface area (Å²) in [5.41, 5.74) is 2.99. The van der Waals surface area contributed by atoms with Crippen molar-refractivity contribution < 1.29 is 14.3 Å². The number of ether oxygens (including phenoxy) is 2. The van der Waals surface area contributed by atoms with Crippen molar-refractivity contribution in [1.29, 1.82) is 5.26 Å². The highest BCUT2D eigenvalue weighted by Gasteiger charge is 2.32. The van der Waals surface area contributed by atoms with E-state index in [2.05, 4.69) is 0 Å². The molecule has 28 heavy (non-hydrogen) atoms. The van der Waals surface area contributed by atoms with Crippen LogP contribution < -0.4 is 9.47 Å². The van der Waals surface area contributed by atoms with Gasteiger partial charge in [0, 0.05) is 0 Å². The molecule has 0 radical (unpaired) electrons. The maximum atomic E-state index is 12.8. The van der Waals surface area contributed by atoms with Gasteiger partial charge < -0.3 is 9.47 Å². The van der Waals surface area contributed by atoms with Gasteiger partial charge in [-0.05, 0) is 36.3 Å². The summed E-state index contributed by atoms with van der Waals surface area (Å²) in [7, 11) is 1.53. The van der Waals surface area contributed by atoms with Crippen LogP contribution in [0.2, 0.25) is 0 Å². The highest BCUT2D eigenvalue weighted by atomic mass is 32.2. The van der Waals surface area contributed by atoms with Gasteiger partial charge in [0.05, 0.1) is 18.6 Å². The van der Waals surface area contributed by atoms with Gasteiger partial charge in [-0.25, -0.2) is 0 Å². The van der Waals surface area contributed by atoms with Crippen LogP contribution in [0.1, 0.15) is 16.7 Å². The molecule has 0 N–H and O–H groups in total. The summed E-state index contributed by atoms with van der Waals surface area (Å²) < 4.78 is 11.2. The SMILES string of the molecule is COc1cc(/C=C2\SC(=S)N(Cc3ccc(C)cc3)C2=O)ccc1OCC#N. The quantitative estimate of drug-likeness (QED) is 0.522. The smallest absolute Gasteiger partial charge is 0.266 e. The molecule has 0 bridgehead atoms. The molecule has 0 saturated carbocycles. The van der Waals surface area contributed by atoms with E-state index in [4.69, 9.17) is 27.0 Å². The number of hydrogen-bond acceptors (Lipinski definition) is 6. The van der Waals surface area contributed by atoms with E-state index in [-0.39, 0.29) is 12.5 Å². The van der Waals surface area contributed by atoms with Gasteiger partial charge >= 0.3 is 0 Å². The zero-order valence-electron chi connectivity index (χ0n) is 15.5. The summed E-state index contributed by atoms with van der Waals surface area (Å²) in [6, 6.07) is 15.3. The molecule has 2 aromatic rings. The number of methoxy groups -OCH3 is 1. The van der Waals surface area contributed by atoms with Crippen molar-refractivity contribution in [2.24, 2.45) is 0 Å². The first-order chi connectivity index (χ1) is 13.5. The zero-order valence-corrected chi connectivity index (χ0v) is 17.1. The van der Waals surface area contributed by atoms with Crippen LogP contribution in [0.5, 0.6) is 11.5 Å². The molecule has 3 rings (SSSR count). The van der Waals surface area contributed by atoms with E-state index < -0.39 is 0 Å². The molecule has 5 nitrogen and oxygen atoms in total. The molecule has 1 saturated heterocycles. The third kappa shape index (κ3) is 4.53. The van der Waals surface area contributed by atoms with Crippen LogP contribution in [0.4, 0.5) is 0 Å². The molecule has 142 valence electrons. The predicted molar refractivity (Wildman–Crippen MR) is 114 cm³/mol. The van der Waals surface area contributed by atoms with Crippen LogP contribution >= 0.6 is 24.0 Å². The molecular weight excluding hydrogens is 392 g/mol. The van der Waals surface area contributed by atoms with Crippen molar-refractivity contribution in [2.75, 3.05) is 13.7 Å². The van der Waals surface area contributed by atoms with Gasteiger partial charge in [0.25, 0.3) is 5.91 Å². The molecule has 1 fully saturated rings. The first-order valence-corrected chi connectivity index (χ1v) is 9.73. The average Bonchev–Trinajstić information content (AvgIpc) is 2.95. The maximum absolute atomic E-state index is 12.8. The lowest BCUT2D eigenvalue weighted by Crippen LogP contribution is -2.27. The number of amides is 1. The van der Waals surface area contributed by atoms with Crippen molar-refractivity contribution in [3.05, 3.63) is 64.1 Å². The number of carbonyl (C=O) groups excluding carboxylic acids is 1. The van der Waals surface area contributed by atoms with Crippen molar-refractivity contribution in [2.45, 2.75) is 13.5 Å². The second-order valence-corrected chi connectivity index (χ2v) is 7.79. The molecule has 1 aliphatic rings. The molecule has 2 aromatic carbocycles. The Labute approximate surface area is 173 Å². The number of hydrogen-bond donors (Lipinski definition) is 0. The number of thiocarbonyl (C=S) groups is 1. The Hall–Kier alpha value is -2.82. The largest absolute Gasteiger partial charge is 0.493 e. The Morgan fingerprint density at radius 3 is 2.64 bits per heavy atom. The van der Waals surface area contributed by atoms with E-state index in [0.29, 0.717) is 27.3 Å². The number of benzene rings is 2. The molecule has 0 spiro atoms. The molecule has 1 heterocycles. The number of carbonyl (C=O) groups is 1. The van der Waals surface area contributed by atoms with Crippen molar-refractivity contribution in [1.82, 2.24) is 4.90 Å². The summed E-state index contributed by atoms with van der Waals surface area (Å²) in [6.07, 6.45) is 1.78. The molecule has 1 aliphatic heterocycles. The average molecular weight is 411 g/mol. The highest BCUT2D eigenvalue weighted by Crippen LogP contribution is 2.35. The minimum atomic E-state index is -0.112. The lowest BCUT2D eigenvalue weighted by Gasteiger charge is -2.14. The van der Waals surface area contributed by atoms with Crippen LogP contribution in [0, 0.1) is 18.3 Å². The summed E-state index contributed by atoms with van der Waals surface area (Å²) >= 11 is 6.69. The maximum Gasteiger partial charge on any atom is 0.266 e. The summed E-state index contributed by atoms with van der Waals surface area (Å²) in [5.74, 6) is 0.867. The third-order valence-electron chi connectivity index (χ3n) is 4.11. The summed E-state index contributed by atoms with van der Waals surface area (Å²) in [4.78, 5) is 15.0. The summed E-state index contributed by atoms with van der Waals surface area (Å²) in [6.45, 7) is 2.41. The van der Waals surface area contributed by atoms with Crippen LogP contribution in [-0.4, -0.2) is 28.8 Å². The molecule has 7 heteroatoms. The second kappa shape index (κ2) is 8.91. The fraction of sp³-hybridized carbons (Fsp3) is 0.190. The number of thioether (sulfide) groups is 1. The molecule has 0 unspecified atom stereocenters. The predicted octanol–water partition coefficient (Wildman–Crippen LogP) is 4.31. The number of rotatable bonds is 6. The van der Waals surface area contributed by atoms with E-state index in [9.17, 15) is 4.79 Å². The van der Waals surface area contributed by atoms with Crippen LogP contribution in [0.15, 0.2) is 47.4 Å². The van der Waals surface area contributed by atoms with E-state index in [1.165, 1.54) is 24.4 Å². The highest BCUT2D eigenvalue weighted by molar-refractivity contribution is 8.26. The first kappa shape index (κ1) is 19.9. The number of nitriles is 1. The second-order valence-electron chi connectivity index (χ2n) is 6.11. The van der Waals surface area contributed by atoms with E-state index >= 15 is 0 Å². The van der Waals surface area contributed by atoms with Gasteiger partial charge in [-0.3, -0.25) is 9.69 Å². The van der Waals surface area contributed by atoms with Gasteiger partial charge in [0.15, 0.2) is 18.1 Å². The van der Waals surface area contributed by atoms with Gasteiger partial charge in [-0.15, -0.1) is 0 Å². The first-order valence-electron chi connectivity index (χ1n) is 8.50. The van der Waals surface area contributed by atoms with Crippen molar-refractivity contribution in [3.63, 3.8) is 0 Å². The van der Waals surface area contributed by atoms with E-state index in [0.717, 1.165) is 11.1 Å². The fourth-order valence-electron chi connectivity index (χ4n) is 2.67. The minimum Gasteiger partial charge on any atom is -0.493 e. The molecule has 1 amide bonds. The van der Waals surface area contributed by atoms with E-state index in [1.807, 2.05) is 43.3 Å². The standard InChI is InChI=1S/C21H18N2O3S2/c1-14-3-5-15(6-4-14)13-23-20(24)19(28-21(23)27)12-16-7-8-17(26-10-9-22)18(11-16)25-2/h3-8,11-12H,10,13H2,1-2H3/b19-12-. The Balaban J connectivity index is 1.79. The Bertz CT molecular complexity index is 978. The zero-order chi connectivity index (χ0) is 20.1. The lowest BCUT2D eigenvalue weighted by molar-refractivity contribution is -0.122. The lowest BCUT2D eigenvalue weighted by atomic mass is 10.1.